The van der Waals surface area contributed by atoms with Crippen molar-refractivity contribution in [3.63, 3.8) is 0 Å². The van der Waals surface area contributed by atoms with Gasteiger partial charge in [0, 0.05) is 18.3 Å². The van der Waals surface area contributed by atoms with Crippen LogP contribution in [0.15, 0.2) is 35.0 Å². The Morgan fingerprint density at radius 3 is 2.77 bits per heavy atom. The van der Waals surface area contributed by atoms with E-state index in [-0.39, 0.29) is 5.91 Å². The minimum atomic E-state index is 0.0763. The van der Waals surface area contributed by atoms with E-state index in [9.17, 15) is 4.79 Å². The summed E-state index contributed by atoms with van der Waals surface area (Å²) in [7, 11) is 0. The largest absolute Gasteiger partial charge is 0.310 e. The first-order chi connectivity index (χ1) is 12.6. The Labute approximate surface area is 159 Å². The molecule has 1 aromatic heterocycles. The normalized spacial score (nSPS) is 17.2. The number of aryl methyl sites for hydroxylation is 2. The van der Waals surface area contributed by atoms with Crippen molar-refractivity contribution in [2.75, 3.05) is 24.5 Å². The van der Waals surface area contributed by atoms with E-state index in [4.69, 9.17) is 5.26 Å². The minimum Gasteiger partial charge on any atom is -0.310 e. The molecule has 2 aromatic rings. The zero-order valence-corrected chi connectivity index (χ0v) is 16.3. The van der Waals surface area contributed by atoms with Crippen LogP contribution in [0.5, 0.6) is 0 Å². The standard InChI is InChI=1S/C21H25N3OS/c1-16-11-17(2)13-19(12-16)24(9-4-7-22)21(25)14-23-8-3-5-20(23)18-6-10-26-15-18/h6,10-13,15,20H,3-5,8-9,14H2,1-2H3. The topological polar surface area (TPSA) is 47.3 Å². The van der Waals surface area contributed by atoms with Crippen LogP contribution in [0.3, 0.4) is 0 Å². The smallest absolute Gasteiger partial charge is 0.241 e. The molecule has 5 heteroatoms. The van der Waals surface area contributed by atoms with Gasteiger partial charge in [0.15, 0.2) is 0 Å². The molecular formula is C21H25N3OS. The molecule has 1 aliphatic heterocycles. The molecule has 1 amide bonds. The fourth-order valence-corrected chi connectivity index (χ4v) is 4.49. The van der Waals surface area contributed by atoms with Crippen molar-refractivity contribution in [3.8, 4) is 6.07 Å². The van der Waals surface area contributed by atoms with E-state index in [1.807, 2.05) is 26.0 Å². The number of thiophene rings is 1. The van der Waals surface area contributed by atoms with E-state index in [0.29, 0.717) is 25.6 Å². The second-order valence-electron chi connectivity index (χ2n) is 6.98. The molecule has 3 rings (SSSR count). The molecule has 1 fully saturated rings. The van der Waals surface area contributed by atoms with Crippen LogP contribution in [-0.2, 0) is 4.79 Å². The highest BCUT2D eigenvalue weighted by Crippen LogP contribution is 2.33. The SMILES string of the molecule is Cc1cc(C)cc(N(CCC#N)C(=O)CN2CCCC2c2ccsc2)c1. The van der Waals surface area contributed by atoms with Gasteiger partial charge in [-0.05, 0) is 78.9 Å². The van der Waals surface area contributed by atoms with Crippen molar-refractivity contribution < 1.29 is 4.79 Å². The molecule has 0 radical (unpaired) electrons. The van der Waals surface area contributed by atoms with E-state index in [1.165, 1.54) is 5.56 Å². The Morgan fingerprint density at radius 1 is 1.35 bits per heavy atom. The number of carbonyl (C=O) groups excluding carboxylic acids is 1. The Balaban J connectivity index is 1.78. The first-order valence-electron chi connectivity index (χ1n) is 9.10. The highest BCUT2D eigenvalue weighted by molar-refractivity contribution is 7.07. The summed E-state index contributed by atoms with van der Waals surface area (Å²) in [6, 6.07) is 10.8. The fraction of sp³-hybridized carbons (Fsp3) is 0.429. The molecule has 0 saturated carbocycles. The zero-order chi connectivity index (χ0) is 18.5. The summed E-state index contributed by atoms with van der Waals surface area (Å²) >= 11 is 1.71. The predicted molar refractivity (Wildman–Crippen MR) is 106 cm³/mol. The molecule has 1 unspecified atom stereocenters. The zero-order valence-electron chi connectivity index (χ0n) is 15.4. The van der Waals surface area contributed by atoms with Crippen LogP contribution >= 0.6 is 11.3 Å². The number of likely N-dealkylation sites (tertiary alicyclic amines) is 1. The first kappa shape index (κ1) is 18.6. The van der Waals surface area contributed by atoms with Gasteiger partial charge < -0.3 is 4.90 Å². The molecule has 1 saturated heterocycles. The number of hydrogen-bond acceptors (Lipinski definition) is 4. The maximum atomic E-state index is 13.1. The average Bonchev–Trinajstić information content (AvgIpc) is 3.25. The molecular weight excluding hydrogens is 342 g/mol. The Hall–Kier alpha value is -2.16. The molecule has 1 atom stereocenters. The lowest BCUT2D eigenvalue weighted by Crippen LogP contribution is -2.40. The van der Waals surface area contributed by atoms with E-state index < -0.39 is 0 Å². The Kier molecular flexibility index (Phi) is 6.08. The van der Waals surface area contributed by atoms with E-state index >= 15 is 0 Å². The number of carbonyl (C=O) groups is 1. The van der Waals surface area contributed by atoms with Crippen LogP contribution in [0.25, 0.3) is 0 Å². The Morgan fingerprint density at radius 2 is 2.12 bits per heavy atom. The highest BCUT2D eigenvalue weighted by Gasteiger charge is 2.29. The lowest BCUT2D eigenvalue weighted by Gasteiger charge is -2.28. The van der Waals surface area contributed by atoms with Gasteiger partial charge in [-0.2, -0.15) is 16.6 Å². The third-order valence-electron chi connectivity index (χ3n) is 4.90. The molecule has 0 aliphatic carbocycles. The summed E-state index contributed by atoms with van der Waals surface area (Å²) in [4.78, 5) is 17.2. The van der Waals surface area contributed by atoms with Crippen molar-refractivity contribution in [1.82, 2.24) is 4.90 Å². The predicted octanol–water partition coefficient (Wildman–Crippen LogP) is 4.45. The average molecular weight is 368 g/mol. The van der Waals surface area contributed by atoms with Crippen LogP contribution in [0.2, 0.25) is 0 Å². The quantitative estimate of drug-likeness (QED) is 0.758. The van der Waals surface area contributed by atoms with Crippen LogP contribution in [-0.4, -0.2) is 30.4 Å². The van der Waals surface area contributed by atoms with Gasteiger partial charge >= 0.3 is 0 Å². The minimum absolute atomic E-state index is 0.0763. The summed E-state index contributed by atoms with van der Waals surface area (Å²) in [5, 5.41) is 13.3. The van der Waals surface area contributed by atoms with Crippen LogP contribution in [0, 0.1) is 25.2 Å². The molecule has 0 N–H and O–H groups in total. The van der Waals surface area contributed by atoms with Gasteiger partial charge in [0.25, 0.3) is 0 Å². The van der Waals surface area contributed by atoms with Gasteiger partial charge in [0.1, 0.15) is 0 Å². The van der Waals surface area contributed by atoms with Crippen LogP contribution < -0.4 is 4.90 Å². The first-order valence-corrected chi connectivity index (χ1v) is 10.0. The van der Waals surface area contributed by atoms with Gasteiger partial charge in [-0.25, -0.2) is 0 Å². The molecule has 4 nitrogen and oxygen atoms in total. The van der Waals surface area contributed by atoms with Gasteiger partial charge in [-0.15, -0.1) is 0 Å². The maximum absolute atomic E-state index is 13.1. The van der Waals surface area contributed by atoms with Crippen molar-refractivity contribution in [2.24, 2.45) is 0 Å². The number of amides is 1. The fourth-order valence-electron chi connectivity index (χ4n) is 3.78. The van der Waals surface area contributed by atoms with E-state index in [1.54, 1.807) is 16.2 Å². The molecule has 136 valence electrons. The van der Waals surface area contributed by atoms with Crippen LogP contribution in [0.4, 0.5) is 5.69 Å². The van der Waals surface area contributed by atoms with Crippen molar-refractivity contribution in [1.29, 1.82) is 5.26 Å². The summed E-state index contributed by atoms with van der Waals surface area (Å²) < 4.78 is 0. The second kappa shape index (κ2) is 8.48. The number of nitriles is 1. The molecule has 1 aliphatic rings. The third-order valence-corrected chi connectivity index (χ3v) is 5.60. The lowest BCUT2D eigenvalue weighted by atomic mass is 10.1. The van der Waals surface area contributed by atoms with Crippen LogP contribution in [0.1, 0.15) is 42.0 Å². The lowest BCUT2D eigenvalue weighted by molar-refractivity contribution is -0.120. The second-order valence-corrected chi connectivity index (χ2v) is 7.76. The van der Waals surface area contributed by atoms with E-state index in [0.717, 1.165) is 36.2 Å². The number of hydrogen-bond donors (Lipinski definition) is 0. The third kappa shape index (κ3) is 4.32. The summed E-state index contributed by atoms with van der Waals surface area (Å²) in [6.45, 7) is 5.87. The molecule has 0 spiro atoms. The van der Waals surface area contributed by atoms with Gasteiger partial charge in [-0.1, -0.05) is 6.07 Å². The molecule has 26 heavy (non-hydrogen) atoms. The Bertz CT molecular complexity index is 774. The van der Waals surface area contributed by atoms with Crippen molar-refractivity contribution in [2.45, 2.75) is 39.2 Å². The monoisotopic (exact) mass is 367 g/mol. The van der Waals surface area contributed by atoms with Gasteiger partial charge in [-0.3, -0.25) is 9.69 Å². The van der Waals surface area contributed by atoms with Gasteiger partial charge in [0.05, 0.1) is 19.0 Å². The number of nitrogens with zero attached hydrogens (tertiary/aromatic N) is 3. The summed E-state index contributed by atoms with van der Waals surface area (Å²) in [5.41, 5.74) is 4.48. The van der Waals surface area contributed by atoms with Crippen molar-refractivity contribution in [3.05, 3.63) is 51.7 Å². The summed E-state index contributed by atoms with van der Waals surface area (Å²) in [5.74, 6) is 0.0763. The van der Waals surface area contributed by atoms with E-state index in [2.05, 4.69) is 33.9 Å². The summed E-state index contributed by atoms with van der Waals surface area (Å²) in [6.07, 6.45) is 2.56. The number of anilines is 1. The molecule has 1 aromatic carbocycles. The number of rotatable bonds is 6. The molecule has 0 bridgehead atoms. The maximum Gasteiger partial charge on any atom is 0.241 e. The number of benzene rings is 1. The van der Waals surface area contributed by atoms with Crippen molar-refractivity contribution >= 4 is 22.9 Å². The molecule has 2 heterocycles. The van der Waals surface area contributed by atoms with Gasteiger partial charge in [0.2, 0.25) is 5.91 Å². The highest BCUT2D eigenvalue weighted by atomic mass is 32.1.